The van der Waals surface area contributed by atoms with Crippen molar-refractivity contribution in [2.24, 2.45) is 0 Å². The van der Waals surface area contributed by atoms with E-state index in [0.29, 0.717) is 22.9 Å². The van der Waals surface area contributed by atoms with Crippen LogP contribution >= 0.6 is 0 Å². The zero-order valence-corrected chi connectivity index (χ0v) is 18.6. The molecule has 0 aliphatic carbocycles. The van der Waals surface area contributed by atoms with E-state index in [-0.39, 0.29) is 5.91 Å². The number of rotatable bonds is 7. The number of fused-ring (bicyclic) bond motifs is 1. The highest BCUT2D eigenvalue weighted by molar-refractivity contribution is 6.02. The molecule has 0 saturated carbocycles. The molecule has 7 nitrogen and oxygen atoms in total. The minimum absolute atomic E-state index is 0.236. The number of anilines is 1. The van der Waals surface area contributed by atoms with Crippen LogP contribution in [0.1, 0.15) is 24.2 Å². The maximum absolute atomic E-state index is 12.5. The second kappa shape index (κ2) is 9.60. The topological polar surface area (TPSA) is 74.6 Å². The van der Waals surface area contributed by atoms with Crippen molar-refractivity contribution >= 4 is 17.7 Å². The molecule has 0 spiro atoms. The van der Waals surface area contributed by atoms with E-state index < -0.39 is 0 Å². The van der Waals surface area contributed by atoms with Crippen LogP contribution in [-0.4, -0.2) is 36.8 Å². The van der Waals surface area contributed by atoms with Crippen molar-refractivity contribution in [1.82, 2.24) is 9.55 Å². The Labute approximate surface area is 187 Å². The Bertz CT molecular complexity index is 1100. The molecule has 1 amide bonds. The molecule has 3 aromatic rings. The summed E-state index contributed by atoms with van der Waals surface area (Å²) < 4.78 is 18.3. The lowest BCUT2D eigenvalue weighted by molar-refractivity contribution is -0.111. The van der Waals surface area contributed by atoms with Crippen molar-refractivity contribution in [3.63, 3.8) is 0 Å². The van der Waals surface area contributed by atoms with Gasteiger partial charge in [-0.05, 0) is 48.7 Å². The molecule has 7 heteroatoms. The Balaban J connectivity index is 1.48. The van der Waals surface area contributed by atoms with Gasteiger partial charge in [-0.3, -0.25) is 4.79 Å². The number of nitrogens with zero attached hydrogens (tertiary/aromatic N) is 2. The minimum Gasteiger partial charge on any atom is -0.493 e. The fourth-order valence-corrected chi connectivity index (χ4v) is 3.86. The van der Waals surface area contributed by atoms with E-state index in [4.69, 9.17) is 19.2 Å². The van der Waals surface area contributed by atoms with Gasteiger partial charge in [0.1, 0.15) is 5.82 Å². The summed E-state index contributed by atoms with van der Waals surface area (Å²) in [7, 11) is 4.66. The van der Waals surface area contributed by atoms with Crippen molar-refractivity contribution in [1.29, 1.82) is 0 Å². The van der Waals surface area contributed by atoms with Crippen LogP contribution in [0.15, 0.2) is 48.7 Å². The van der Waals surface area contributed by atoms with Crippen molar-refractivity contribution in [2.75, 3.05) is 26.6 Å². The van der Waals surface area contributed by atoms with Gasteiger partial charge < -0.3 is 24.1 Å². The zero-order chi connectivity index (χ0) is 22.5. The van der Waals surface area contributed by atoms with E-state index in [2.05, 4.69) is 16.1 Å². The van der Waals surface area contributed by atoms with Crippen molar-refractivity contribution in [2.45, 2.75) is 25.8 Å². The van der Waals surface area contributed by atoms with Crippen LogP contribution in [0.25, 0.3) is 17.3 Å². The van der Waals surface area contributed by atoms with Crippen LogP contribution in [0, 0.1) is 0 Å². The Morgan fingerprint density at radius 1 is 1.06 bits per heavy atom. The van der Waals surface area contributed by atoms with Gasteiger partial charge in [0.2, 0.25) is 11.7 Å². The number of amides is 1. The fraction of sp³-hybridized carbons (Fsp3) is 0.280. The van der Waals surface area contributed by atoms with Crippen molar-refractivity contribution in [3.8, 4) is 28.5 Å². The predicted molar refractivity (Wildman–Crippen MR) is 124 cm³/mol. The molecule has 1 N–H and O–H groups in total. The number of hydrogen-bond acceptors (Lipinski definition) is 5. The number of carbonyl (C=O) groups is 1. The first-order chi connectivity index (χ1) is 15.6. The van der Waals surface area contributed by atoms with Gasteiger partial charge in [0.15, 0.2) is 11.5 Å². The van der Waals surface area contributed by atoms with Gasteiger partial charge >= 0.3 is 0 Å². The average molecular weight is 434 g/mol. The number of methoxy groups -OCH3 is 3. The zero-order valence-electron chi connectivity index (χ0n) is 18.6. The van der Waals surface area contributed by atoms with E-state index in [0.717, 1.165) is 35.6 Å². The Morgan fingerprint density at radius 2 is 1.84 bits per heavy atom. The fourth-order valence-electron chi connectivity index (χ4n) is 3.86. The minimum atomic E-state index is -0.236. The first-order valence-electron chi connectivity index (χ1n) is 10.6. The second-order valence-corrected chi connectivity index (χ2v) is 7.55. The molecular formula is C25H27N3O4. The maximum Gasteiger partial charge on any atom is 0.248 e. The largest absolute Gasteiger partial charge is 0.493 e. The summed E-state index contributed by atoms with van der Waals surface area (Å²) in [4.78, 5) is 17.3. The van der Waals surface area contributed by atoms with Crippen molar-refractivity contribution < 1.29 is 19.0 Å². The van der Waals surface area contributed by atoms with Crippen LogP contribution in [0.5, 0.6) is 17.2 Å². The molecule has 32 heavy (non-hydrogen) atoms. The molecule has 166 valence electrons. The molecule has 0 atom stereocenters. The average Bonchev–Trinajstić information content (AvgIpc) is 3.26. The first kappa shape index (κ1) is 21.5. The summed E-state index contributed by atoms with van der Waals surface area (Å²) in [6.45, 7) is 1.02. The third kappa shape index (κ3) is 4.61. The summed E-state index contributed by atoms with van der Waals surface area (Å²) in [5.74, 6) is 2.47. The third-order valence-corrected chi connectivity index (χ3v) is 5.45. The molecule has 0 fully saturated rings. The second-order valence-electron chi connectivity index (χ2n) is 7.55. The van der Waals surface area contributed by atoms with Crippen LogP contribution < -0.4 is 19.5 Å². The smallest absolute Gasteiger partial charge is 0.248 e. The summed E-state index contributed by atoms with van der Waals surface area (Å²) in [5, 5.41) is 2.92. The number of aryl methyl sites for hydroxylation is 2. The lowest BCUT2D eigenvalue weighted by atomic mass is 10.1. The number of hydrogen-bond donors (Lipinski definition) is 1. The predicted octanol–water partition coefficient (Wildman–Crippen LogP) is 4.56. The molecular weight excluding hydrogens is 406 g/mol. The molecule has 2 aromatic carbocycles. The van der Waals surface area contributed by atoms with Crippen LogP contribution in [0.2, 0.25) is 0 Å². The normalized spacial score (nSPS) is 13.0. The SMILES string of the molecule is COc1cc(C=CC(=O)Nc2cccc(-c3cn4c(n3)CCCC4)c2)cc(OC)c1OC. The van der Waals surface area contributed by atoms with Crippen LogP contribution in [0.3, 0.4) is 0 Å². The van der Waals surface area contributed by atoms with Crippen molar-refractivity contribution in [3.05, 3.63) is 60.1 Å². The van der Waals surface area contributed by atoms with E-state index in [1.54, 1.807) is 39.5 Å². The van der Waals surface area contributed by atoms with Crippen LogP contribution in [0.4, 0.5) is 5.69 Å². The van der Waals surface area contributed by atoms with Gasteiger partial charge in [-0.25, -0.2) is 4.98 Å². The summed E-state index contributed by atoms with van der Waals surface area (Å²) in [5.41, 5.74) is 3.39. The van der Waals surface area contributed by atoms with Gasteiger partial charge in [-0.2, -0.15) is 0 Å². The Kier molecular flexibility index (Phi) is 6.44. The molecule has 0 bridgehead atoms. The summed E-state index contributed by atoms with van der Waals surface area (Å²) >= 11 is 0. The van der Waals surface area contributed by atoms with Gasteiger partial charge in [-0.15, -0.1) is 0 Å². The molecule has 0 saturated heterocycles. The number of aromatic nitrogens is 2. The first-order valence-corrected chi connectivity index (χ1v) is 10.6. The number of benzene rings is 2. The van der Waals surface area contributed by atoms with E-state index in [1.807, 2.05) is 24.3 Å². The van der Waals surface area contributed by atoms with Gasteiger partial charge in [0.25, 0.3) is 0 Å². The highest BCUT2D eigenvalue weighted by atomic mass is 16.5. The van der Waals surface area contributed by atoms with E-state index >= 15 is 0 Å². The molecule has 0 unspecified atom stereocenters. The molecule has 1 aromatic heterocycles. The Morgan fingerprint density at radius 3 is 2.53 bits per heavy atom. The lowest BCUT2D eigenvalue weighted by Gasteiger charge is -2.12. The number of nitrogens with one attached hydrogen (secondary N) is 1. The van der Waals surface area contributed by atoms with Crippen LogP contribution in [-0.2, 0) is 17.8 Å². The molecule has 1 aliphatic heterocycles. The lowest BCUT2D eigenvalue weighted by Crippen LogP contribution is -2.08. The maximum atomic E-state index is 12.5. The molecule has 2 heterocycles. The molecule has 4 rings (SSSR count). The van der Waals surface area contributed by atoms with Gasteiger partial charge in [0.05, 0.1) is 27.0 Å². The summed E-state index contributed by atoms with van der Waals surface area (Å²) in [6, 6.07) is 11.3. The summed E-state index contributed by atoms with van der Waals surface area (Å²) in [6.07, 6.45) is 8.67. The quantitative estimate of drug-likeness (QED) is 0.553. The van der Waals surface area contributed by atoms with E-state index in [1.165, 1.54) is 18.9 Å². The van der Waals surface area contributed by atoms with Gasteiger partial charge in [0, 0.05) is 36.5 Å². The van der Waals surface area contributed by atoms with Gasteiger partial charge in [-0.1, -0.05) is 12.1 Å². The number of ether oxygens (including phenoxy) is 3. The monoisotopic (exact) mass is 433 g/mol. The molecule has 0 radical (unpaired) electrons. The highest BCUT2D eigenvalue weighted by Crippen LogP contribution is 2.38. The highest BCUT2D eigenvalue weighted by Gasteiger charge is 2.14. The number of imidazole rings is 1. The number of carbonyl (C=O) groups excluding carboxylic acids is 1. The Hall–Kier alpha value is -3.74. The van der Waals surface area contributed by atoms with E-state index in [9.17, 15) is 4.79 Å². The third-order valence-electron chi connectivity index (χ3n) is 5.45. The molecule has 1 aliphatic rings. The standard InChI is InChI=1S/C25H27N3O4/c1-30-21-13-17(14-22(31-2)25(21)32-3)10-11-24(29)26-19-8-6-7-18(15-19)20-16-28-12-5-4-9-23(28)27-20/h6-8,10-11,13-16H,4-5,9,12H2,1-3H3,(H,26,29).